The highest BCUT2D eigenvalue weighted by Crippen LogP contribution is 2.74. The summed E-state index contributed by atoms with van der Waals surface area (Å²) in [6, 6.07) is 0. The number of hydrogen-bond donors (Lipinski definition) is 3. The van der Waals surface area contributed by atoms with Gasteiger partial charge < -0.3 is 24.8 Å². The molecule has 5 nitrogen and oxygen atoms in total. The summed E-state index contributed by atoms with van der Waals surface area (Å²) in [6.07, 6.45) is 72.5. The molecule has 8 aliphatic carbocycles. The first kappa shape index (κ1) is 71.6. The normalized spacial score (nSPS) is 42.7. The molecule has 3 N–H and O–H groups in total. The number of hydrogen-bond acceptors (Lipinski definition) is 5. The molecule has 0 aromatic rings. The second-order valence-electron chi connectivity index (χ2n) is 36.0. The maximum atomic E-state index is 11.3. The van der Waals surface area contributed by atoms with E-state index in [1.807, 2.05) is 6.92 Å². The molecule has 0 amide bonds. The van der Waals surface area contributed by atoms with Crippen LogP contribution in [0.5, 0.6) is 0 Å². The Balaban J connectivity index is 0.736. The minimum absolute atomic E-state index is 0.113. The fourth-order valence-corrected chi connectivity index (χ4v) is 24.7. The summed E-state index contributed by atoms with van der Waals surface area (Å²) in [4.78, 5) is 0. The van der Waals surface area contributed by atoms with Gasteiger partial charge in [-0.3, -0.25) is 0 Å². The molecule has 89 heavy (non-hydrogen) atoms. The van der Waals surface area contributed by atoms with Gasteiger partial charge in [-0.1, -0.05) is 207 Å². The SMILES string of the molecule is CCCCC(CCO)C1C[C@@H](CCCC2CC[C@H](CCCC3CC[C@H](CCC4CCCCC5COCCCCC(O)CC45)CC4C5CCC6(C)CC(CCC354)O6)CC(CCCCCC(C)O)C2C)CCC1CCC1CCC(C2CCCCC(C)CCC2)CC1. The highest BCUT2D eigenvalue weighted by Gasteiger charge is 2.68. The van der Waals surface area contributed by atoms with Crippen LogP contribution in [0.25, 0.3) is 0 Å². The van der Waals surface area contributed by atoms with Gasteiger partial charge in [-0.2, -0.15) is 0 Å². The highest BCUT2D eigenvalue weighted by molar-refractivity contribution is 5.16. The highest BCUT2D eigenvalue weighted by atomic mass is 16.5. The first-order chi connectivity index (χ1) is 43.4. The van der Waals surface area contributed by atoms with Gasteiger partial charge in [0.15, 0.2) is 0 Å². The third-order valence-corrected chi connectivity index (χ3v) is 30.1. The van der Waals surface area contributed by atoms with Crippen LogP contribution in [0.2, 0.25) is 0 Å². The zero-order valence-electron chi connectivity index (χ0n) is 59.8. The van der Waals surface area contributed by atoms with Crippen molar-refractivity contribution < 1.29 is 24.8 Å². The number of aliphatic hydroxyl groups is 3. The lowest BCUT2D eigenvalue weighted by molar-refractivity contribution is -0.201. The van der Waals surface area contributed by atoms with Crippen LogP contribution in [0.3, 0.4) is 0 Å². The topological polar surface area (TPSA) is 79.2 Å². The lowest BCUT2D eigenvalue weighted by atomic mass is 9.63. The lowest BCUT2D eigenvalue weighted by Crippen LogP contribution is -2.47. The van der Waals surface area contributed by atoms with Crippen LogP contribution in [0.4, 0.5) is 0 Å². The van der Waals surface area contributed by atoms with E-state index in [2.05, 4.69) is 27.7 Å². The van der Waals surface area contributed by atoms with Crippen molar-refractivity contribution >= 4 is 0 Å². The van der Waals surface area contributed by atoms with Gasteiger partial charge in [-0.05, 0) is 273 Å². The predicted octanol–water partition coefficient (Wildman–Crippen LogP) is 23.1. The van der Waals surface area contributed by atoms with Crippen molar-refractivity contribution in [1.29, 1.82) is 0 Å². The molecule has 2 bridgehead atoms. The van der Waals surface area contributed by atoms with Gasteiger partial charge in [-0.15, -0.1) is 0 Å². The van der Waals surface area contributed by atoms with Crippen LogP contribution < -0.4 is 0 Å². The Hall–Kier alpha value is -0.200. The molecule has 3 heterocycles. The van der Waals surface area contributed by atoms with Gasteiger partial charge in [0.05, 0.1) is 23.9 Å². The Bertz CT molecular complexity index is 1920. The van der Waals surface area contributed by atoms with Crippen LogP contribution in [-0.2, 0) is 9.47 Å². The molecule has 11 aliphatic rings. The molecule has 0 aromatic carbocycles. The monoisotopic (exact) mass is 1240 g/mol. The van der Waals surface area contributed by atoms with Crippen LogP contribution in [0.15, 0.2) is 0 Å². The molecule has 0 radical (unpaired) electrons. The van der Waals surface area contributed by atoms with Gasteiger partial charge in [0.25, 0.3) is 0 Å². The molecule has 3 aliphatic heterocycles. The fraction of sp³-hybridized carbons (Fsp3) is 1.00. The van der Waals surface area contributed by atoms with Crippen molar-refractivity contribution in [2.45, 2.75) is 392 Å². The van der Waals surface area contributed by atoms with Crippen LogP contribution >= 0.6 is 0 Å². The van der Waals surface area contributed by atoms with Gasteiger partial charge in [0.1, 0.15) is 0 Å². The molecule has 0 aromatic heterocycles. The molecule has 11 rings (SSSR count). The summed E-state index contributed by atoms with van der Waals surface area (Å²) < 4.78 is 13.1. The van der Waals surface area contributed by atoms with E-state index in [1.54, 1.807) is 0 Å². The minimum atomic E-state index is -0.160. The van der Waals surface area contributed by atoms with Crippen molar-refractivity contribution in [3.63, 3.8) is 0 Å². The maximum absolute atomic E-state index is 11.3. The zero-order valence-corrected chi connectivity index (χ0v) is 59.8. The van der Waals surface area contributed by atoms with Gasteiger partial charge >= 0.3 is 0 Å². The molecule has 5 heteroatoms. The first-order valence-electron chi connectivity index (χ1n) is 41.6. The van der Waals surface area contributed by atoms with Crippen LogP contribution in [0, 0.1) is 118 Å². The second kappa shape index (κ2) is 36.4. The van der Waals surface area contributed by atoms with Crippen molar-refractivity contribution in [1.82, 2.24) is 0 Å². The summed E-state index contributed by atoms with van der Waals surface area (Å²) in [5, 5.41) is 32.0. The number of ether oxygens (including phenoxy) is 2. The smallest absolute Gasteiger partial charge is 0.0683 e. The van der Waals surface area contributed by atoms with Crippen molar-refractivity contribution in [2.24, 2.45) is 118 Å². The number of fused-ring (bicyclic) bond motifs is 3. The second-order valence-corrected chi connectivity index (χ2v) is 36.0. The Kier molecular flexibility index (Phi) is 29.3. The molecule has 516 valence electrons. The average Bonchev–Trinajstić information content (AvgIpc) is 1.53. The zero-order chi connectivity index (χ0) is 62.0. The van der Waals surface area contributed by atoms with Gasteiger partial charge in [0, 0.05) is 26.2 Å². The molecule has 22 atom stereocenters. The summed E-state index contributed by atoms with van der Waals surface area (Å²) >= 11 is 0. The molecule has 8 saturated carbocycles. The number of unbranched alkanes of at least 4 members (excludes halogenated alkanes) is 3. The summed E-state index contributed by atoms with van der Waals surface area (Å²) in [6.45, 7) is 14.3. The number of aliphatic hydroxyl groups excluding tert-OH is 3. The average molecular weight is 1240 g/mol. The van der Waals surface area contributed by atoms with E-state index in [4.69, 9.17) is 9.47 Å². The summed E-state index contributed by atoms with van der Waals surface area (Å²) in [5.74, 6) is 16.6. The summed E-state index contributed by atoms with van der Waals surface area (Å²) in [7, 11) is 0. The van der Waals surface area contributed by atoms with E-state index in [-0.39, 0.29) is 17.8 Å². The number of rotatable bonds is 27. The Morgan fingerprint density at radius 1 is 0.494 bits per heavy atom. The molecule has 1 spiro atoms. The minimum Gasteiger partial charge on any atom is -0.396 e. The van der Waals surface area contributed by atoms with E-state index in [9.17, 15) is 15.3 Å². The Morgan fingerprint density at radius 3 is 1.97 bits per heavy atom. The molecular formula is C84H150O5. The lowest BCUT2D eigenvalue weighted by Gasteiger charge is -2.46. The van der Waals surface area contributed by atoms with E-state index in [1.165, 1.54) is 295 Å². The maximum Gasteiger partial charge on any atom is 0.0683 e. The summed E-state index contributed by atoms with van der Waals surface area (Å²) in [5.41, 5.74) is 0.745. The van der Waals surface area contributed by atoms with Crippen molar-refractivity contribution in [3.05, 3.63) is 0 Å². The molecule has 19 unspecified atom stereocenters. The predicted molar refractivity (Wildman–Crippen MR) is 375 cm³/mol. The van der Waals surface area contributed by atoms with E-state index >= 15 is 0 Å². The first-order valence-corrected chi connectivity index (χ1v) is 41.6. The van der Waals surface area contributed by atoms with E-state index in [0.29, 0.717) is 30.0 Å². The van der Waals surface area contributed by atoms with E-state index in [0.717, 1.165) is 152 Å². The molecule has 3 saturated heterocycles. The standard InChI is InChI=1S/C84H150O5/c1-6-7-25-72(50-53-85)79-56-66(38-46-73(79)44-36-64-34-42-70(43-35-64)69-26-12-11-20-61(2)21-17-31-69)23-18-30-68-41-37-65(55-74(63(68)4)28-10-8-9-22-62(3)86)24-19-32-76-47-40-67(57-82-81-49-51-83(5)59-78(89-83)48-52-84(76,81)82)39-45-71-27-13-14-29-75-60-88-54-16-15-33-77(87)58-80(71)75/h61-82,85-87H,6-60H2,1-5H3/t61?,62?,63?,64?,65-,66-,67-,68?,69?,70?,71?,72?,73?,74?,75?,76?,77?,78?,79?,80?,81?,82?,83?,84?/m0/s1. The van der Waals surface area contributed by atoms with Crippen LogP contribution in [-0.4, -0.2) is 59.1 Å². The van der Waals surface area contributed by atoms with Crippen molar-refractivity contribution in [2.75, 3.05) is 19.8 Å². The van der Waals surface area contributed by atoms with Gasteiger partial charge in [-0.25, -0.2) is 0 Å². The molecule has 11 fully saturated rings. The quantitative estimate of drug-likeness (QED) is 0.0564. The van der Waals surface area contributed by atoms with Gasteiger partial charge in [0.2, 0.25) is 0 Å². The molecular weight excluding hydrogens is 1090 g/mol. The third-order valence-electron chi connectivity index (χ3n) is 30.1. The largest absolute Gasteiger partial charge is 0.396 e. The van der Waals surface area contributed by atoms with Crippen molar-refractivity contribution in [3.8, 4) is 0 Å². The fourth-order valence-electron chi connectivity index (χ4n) is 24.7. The third kappa shape index (κ3) is 20.7. The van der Waals surface area contributed by atoms with Crippen LogP contribution in [0.1, 0.15) is 369 Å². The van der Waals surface area contributed by atoms with E-state index < -0.39 is 0 Å². The Morgan fingerprint density at radius 2 is 1.16 bits per heavy atom. The Labute approximate surface area is 552 Å².